The minimum atomic E-state index is -0.608. The topological polar surface area (TPSA) is 95.8 Å². The maximum absolute atomic E-state index is 13.9. The van der Waals surface area contributed by atoms with Crippen LogP contribution in [-0.2, 0) is 17.8 Å². The third kappa shape index (κ3) is 6.97. The van der Waals surface area contributed by atoms with Gasteiger partial charge in [0.15, 0.2) is 11.5 Å². The number of aromatic nitrogens is 3. The van der Waals surface area contributed by atoms with Gasteiger partial charge >= 0.3 is 6.09 Å². The van der Waals surface area contributed by atoms with E-state index in [2.05, 4.69) is 9.97 Å². The molecule has 0 aromatic carbocycles. The minimum Gasteiger partial charge on any atom is -0.486 e. The smallest absolute Gasteiger partial charge is 0.410 e. The molecule has 0 bridgehead atoms. The molecule has 10 heteroatoms. The van der Waals surface area contributed by atoms with Crippen molar-refractivity contribution in [3.63, 3.8) is 0 Å². The fraction of sp³-hybridized carbons (Fsp3) is 0.548. The Morgan fingerprint density at radius 1 is 1.07 bits per heavy atom. The molecule has 0 spiro atoms. The van der Waals surface area contributed by atoms with Crippen LogP contribution in [0.3, 0.4) is 0 Å². The Kier molecular flexibility index (Phi) is 8.47. The average molecular weight is 567 g/mol. The molecule has 0 atom stereocenters. The Labute approximate surface area is 239 Å². The van der Waals surface area contributed by atoms with Crippen molar-refractivity contribution in [2.24, 2.45) is 5.92 Å². The van der Waals surface area contributed by atoms with Crippen LogP contribution in [0.15, 0.2) is 35.4 Å². The third-order valence-electron chi connectivity index (χ3n) is 7.80. The first-order chi connectivity index (χ1) is 19.6. The molecule has 1 saturated carbocycles. The zero-order chi connectivity index (χ0) is 29.1. The molecule has 220 valence electrons. The molecule has 4 heterocycles. The lowest BCUT2D eigenvalue weighted by Crippen LogP contribution is -2.44. The van der Waals surface area contributed by atoms with Gasteiger partial charge in [-0.1, -0.05) is 0 Å². The Bertz CT molecular complexity index is 1460. The summed E-state index contributed by atoms with van der Waals surface area (Å²) in [5.74, 6) is 1.30. The highest BCUT2D eigenvalue weighted by atomic mass is 19.1. The van der Waals surface area contributed by atoms with Crippen molar-refractivity contribution in [2.75, 3.05) is 13.2 Å². The number of hydrogen-bond acceptors (Lipinski definition) is 7. The van der Waals surface area contributed by atoms with E-state index < -0.39 is 11.4 Å². The number of carbonyl (C=O) groups excluding carboxylic acids is 1. The van der Waals surface area contributed by atoms with Crippen molar-refractivity contribution in [3.05, 3.63) is 58.0 Å². The van der Waals surface area contributed by atoms with Gasteiger partial charge in [-0.15, -0.1) is 0 Å². The zero-order valence-electron chi connectivity index (χ0n) is 24.3. The SMILES string of the molecule is Cc1cc(=O)n(CCCC2CCC(N(Cc3cc4c(cn3)OCCO4)C(=O)OC(C)(C)C)CC2)c2cc(F)cnc12. The first-order valence-corrected chi connectivity index (χ1v) is 14.5. The van der Waals surface area contributed by atoms with E-state index in [1.165, 1.54) is 12.3 Å². The molecule has 2 aliphatic rings. The van der Waals surface area contributed by atoms with Gasteiger partial charge in [-0.2, -0.15) is 0 Å². The molecule has 1 aliphatic carbocycles. The van der Waals surface area contributed by atoms with Gasteiger partial charge in [0.2, 0.25) is 0 Å². The number of hydrogen-bond donors (Lipinski definition) is 0. The maximum Gasteiger partial charge on any atom is 0.410 e. The molecule has 0 radical (unpaired) electrons. The largest absolute Gasteiger partial charge is 0.486 e. The maximum atomic E-state index is 13.9. The summed E-state index contributed by atoms with van der Waals surface area (Å²) in [6, 6.07) is 4.84. The van der Waals surface area contributed by atoms with Crippen LogP contribution in [0.2, 0.25) is 0 Å². The molecular formula is C31H39FN4O5. The van der Waals surface area contributed by atoms with Crippen LogP contribution in [0.1, 0.15) is 70.6 Å². The number of nitrogens with zero attached hydrogens (tertiary/aromatic N) is 4. The Morgan fingerprint density at radius 3 is 2.54 bits per heavy atom. The fourth-order valence-corrected chi connectivity index (χ4v) is 5.82. The Balaban J connectivity index is 1.21. The summed E-state index contributed by atoms with van der Waals surface area (Å²) in [4.78, 5) is 36.5. The van der Waals surface area contributed by atoms with Crippen LogP contribution in [0.4, 0.5) is 9.18 Å². The molecule has 3 aromatic heterocycles. The predicted molar refractivity (Wildman–Crippen MR) is 153 cm³/mol. The van der Waals surface area contributed by atoms with Crippen molar-refractivity contribution in [2.45, 2.75) is 91.0 Å². The van der Waals surface area contributed by atoms with E-state index in [0.29, 0.717) is 54.8 Å². The van der Waals surface area contributed by atoms with Crippen molar-refractivity contribution >= 4 is 17.1 Å². The summed E-state index contributed by atoms with van der Waals surface area (Å²) in [7, 11) is 0. The van der Waals surface area contributed by atoms with E-state index in [9.17, 15) is 14.0 Å². The first-order valence-electron chi connectivity index (χ1n) is 14.5. The summed E-state index contributed by atoms with van der Waals surface area (Å²) in [6.45, 7) is 9.26. The number of fused-ring (bicyclic) bond motifs is 2. The van der Waals surface area contributed by atoms with Gasteiger partial charge in [0.1, 0.15) is 24.6 Å². The Hall–Kier alpha value is -3.69. The van der Waals surface area contributed by atoms with E-state index in [4.69, 9.17) is 14.2 Å². The summed E-state index contributed by atoms with van der Waals surface area (Å²) < 4.78 is 32.6. The van der Waals surface area contributed by atoms with E-state index in [1.54, 1.807) is 21.7 Å². The van der Waals surface area contributed by atoms with Crippen molar-refractivity contribution < 1.29 is 23.4 Å². The van der Waals surface area contributed by atoms with Gasteiger partial charge in [-0.05, 0) is 77.7 Å². The summed E-state index contributed by atoms with van der Waals surface area (Å²) in [6.07, 6.45) is 7.91. The number of carbonyl (C=O) groups is 1. The number of rotatable bonds is 7. The fourth-order valence-electron chi connectivity index (χ4n) is 5.82. The predicted octanol–water partition coefficient (Wildman–Crippen LogP) is 5.79. The van der Waals surface area contributed by atoms with Crippen LogP contribution in [0.5, 0.6) is 11.5 Å². The molecule has 1 aliphatic heterocycles. The Morgan fingerprint density at radius 2 is 1.80 bits per heavy atom. The second-order valence-corrected chi connectivity index (χ2v) is 12.1. The van der Waals surface area contributed by atoms with Crippen LogP contribution in [0, 0.1) is 18.7 Å². The highest BCUT2D eigenvalue weighted by Gasteiger charge is 2.32. The van der Waals surface area contributed by atoms with Crippen LogP contribution in [0.25, 0.3) is 11.0 Å². The molecule has 0 N–H and O–H groups in total. The van der Waals surface area contributed by atoms with Gasteiger partial charge in [0.05, 0.1) is 35.7 Å². The number of amides is 1. The molecule has 1 fully saturated rings. The van der Waals surface area contributed by atoms with Gasteiger partial charge < -0.3 is 18.8 Å². The number of ether oxygens (including phenoxy) is 3. The molecule has 5 rings (SSSR count). The van der Waals surface area contributed by atoms with E-state index in [1.807, 2.05) is 33.8 Å². The lowest BCUT2D eigenvalue weighted by Gasteiger charge is -2.37. The van der Waals surface area contributed by atoms with Crippen molar-refractivity contribution in [1.29, 1.82) is 0 Å². The van der Waals surface area contributed by atoms with E-state index in [-0.39, 0.29) is 17.7 Å². The molecule has 1 amide bonds. The normalized spacial score (nSPS) is 18.8. The monoisotopic (exact) mass is 566 g/mol. The summed E-state index contributed by atoms with van der Waals surface area (Å²) in [5.41, 5.74) is 1.93. The van der Waals surface area contributed by atoms with Gasteiger partial charge in [0.25, 0.3) is 5.56 Å². The van der Waals surface area contributed by atoms with Crippen LogP contribution >= 0.6 is 0 Å². The van der Waals surface area contributed by atoms with Crippen molar-refractivity contribution in [3.8, 4) is 11.5 Å². The number of pyridine rings is 3. The number of aryl methyl sites for hydroxylation is 2. The highest BCUT2D eigenvalue weighted by Crippen LogP contribution is 2.34. The quantitative estimate of drug-likeness (QED) is 0.357. The molecular weight excluding hydrogens is 527 g/mol. The molecule has 0 unspecified atom stereocenters. The lowest BCUT2D eigenvalue weighted by atomic mass is 9.83. The first kappa shape index (κ1) is 28.8. The zero-order valence-corrected chi connectivity index (χ0v) is 24.3. The lowest BCUT2D eigenvalue weighted by molar-refractivity contribution is 0.00739. The average Bonchev–Trinajstić information content (AvgIpc) is 2.92. The van der Waals surface area contributed by atoms with E-state index >= 15 is 0 Å². The molecule has 3 aromatic rings. The second kappa shape index (κ2) is 12.0. The van der Waals surface area contributed by atoms with Crippen molar-refractivity contribution in [1.82, 2.24) is 19.4 Å². The van der Waals surface area contributed by atoms with Gasteiger partial charge in [0, 0.05) is 30.8 Å². The minimum absolute atomic E-state index is 0.0359. The van der Waals surface area contributed by atoms with Crippen LogP contribution < -0.4 is 15.0 Å². The molecule has 41 heavy (non-hydrogen) atoms. The third-order valence-corrected chi connectivity index (χ3v) is 7.80. The van der Waals surface area contributed by atoms with E-state index in [0.717, 1.165) is 49.8 Å². The van der Waals surface area contributed by atoms with Crippen LogP contribution in [-0.4, -0.2) is 50.4 Å². The van der Waals surface area contributed by atoms with Gasteiger partial charge in [-0.25, -0.2) is 9.18 Å². The standard InChI is InChI=1S/C31H39FN4O5/c1-20-14-28(37)35(25-15-22(32)17-34-29(20)25)11-5-6-21-7-9-24(10-8-21)36(30(38)41-31(2,3)4)19-23-16-26-27(18-33-23)40-13-12-39-26/h14-18,21,24H,5-13,19H2,1-4H3. The molecule has 0 saturated heterocycles. The van der Waals surface area contributed by atoms with Gasteiger partial charge in [-0.3, -0.25) is 19.7 Å². The second-order valence-electron chi connectivity index (χ2n) is 12.1. The summed E-state index contributed by atoms with van der Waals surface area (Å²) in [5, 5.41) is 0. The summed E-state index contributed by atoms with van der Waals surface area (Å²) >= 11 is 0. The number of halogens is 1. The molecule has 9 nitrogen and oxygen atoms in total. The highest BCUT2D eigenvalue weighted by molar-refractivity contribution is 5.77.